The highest BCUT2D eigenvalue weighted by Crippen LogP contribution is 2.36. The highest BCUT2D eigenvalue weighted by molar-refractivity contribution is 6.40. The zero-order valence-corrected chi connectivity index (χ0v) is 12.4. The van der Waals surface area contributed by atoms with E-state index in [9.17, 15) is 8.78 Å². The predicted octanol–water partition coefficient (Wildman–Crippen LogP) is 2.67. The zero-order valence-electron chi connectivity index (χ0n) is 12.4. The summed E-state index contributed by atoms with van der Waals surface area (Å²) in [6.07, 6.45) is 1.13. The van der Waals surface area contributed by atoms with E-state index in [1.54, 1.807) is 13.8 Å². The van der Waals surface area contributed by atoms with Crippen molar-refractivity contribution in [1.82, 2.24) is 0 Å². The van der Waals surface area contributed by atoms with Gasteiger partial charge in [0.05, 0.1) is 28.9 Å². The maximum Gasteiger partial charge on any atom is 0.168 e. The van der Waals surface area contributed by atoms with Crippen LogP contribution in [-0.2, 0) is 9.95 Å². The number of halogens is 2. The molecule has 0 atom stereocenters. The fourth-order valence-electron chi connectivity index (χ4n) is 2.27. The molecule has 1 aromatic carbocycles. The van der Waals surface area contributed by atoms with Gasteiger partial charge < -0.3 is 9.47 Å². The number of hydrogen-bond donors (Lipinski definition) is 0. The Bertz CT molecular complexity index is 501. The minimum absolute atomic E-state index is 0.0537. The van der Waals surface area contributed by atoms with Gasteiger partial charge in [-0.15, -0.1) is 0 Å². The first-order valence-corrected chi connectivity index (χ1v) is 7.14. The van der Waals surface area contributed by atoms with Crippen molar-refractivity contribution >= 4 is 15.7 Å². The summed E-state index contributed by atoms with van der Waals surface area (Å²) < 4.78 is 38.7. The molecule has 0 unspecified atom stereocenters. The van der Waals surface area contributed by atoms with Gasteiger partial charge in [0.2, 0.25) is 0 Å². The first-order valence-electron chi connectivity index (χ1n) is 7.14. The first-order chi connectivity index (χ1) is 9.82. The molecule has 2 nitrogen and oxygen atoms in total. The van der Waals surface area contributed by atoms with Crippen molar-refractivity contribution < 1.29 is 18.3 Å². The van der Waals surface area contributed by atoms with Crippen molar-refractivity contribution in [3.63, 3.8) is 0 Å². The third-order valence-corrected chi connectivity index (χ3v) is 3.88. The van der Waals surface area contributed by atoms with E-state index >= 15 is 0 Å². The van der Waals surface area contributed by atoms with Crippen molar-refractivity contribution in [3.8, 4) is 5.75 Å². The van der Waals surface area contributed by atoms with Crippen LogP contribution in [0, 0.1) is 17.6 Å². The molecule has 1 aliphatic heterocycles. The number of benzene rings is 1. The summed E-state index contributed by atoms with van der Waals surface area (Å²) in [5.41, 5.74) is 0.154. The van der Waals surface area contributed by atoms with Gasteiger partial charge in [0.1, 0.15) is 11.9 Å². The van der Waals surface area contributed by atoms with E-state index in [0.29, 0.717) is 26.1 Å². The lowest BCUT2D eigenvalue weighted by Crippen LogP contribution is -2.35. The van der Waals surface area contributed by atoms with Crippen molar-refractivity contribution in [1.29, 1.82) is 0 Å². The second-order valence-electron chi connectivity index (χ2n) is 5.78. The maximum absolute atomic E-state index is 14.2. The van der Waals surface area contributed by atoms with Crippen LogP contribution in [0.1, 0.15) is 32.3 Å². The summed E-state index contributed by atoms with van der Waals surface area (Å²) in [7, 11) is 12.1. The summed E-state index contributed by atoms with van der Waals surface area (Å²) in [4.78, 5) is 0. The van der Waals surface area contributed by atoms with Gasteiger partial charge in [-0.1, -0.05) is 25.0 Å². The Balaban J connectivity index is 2.38. The summed E-state index contributed by atoms with van der Waals surface area (Å²) in [6.45, 7) is 4.70. The molecule has 1 heterocycles. The van der Waals surface area contributed by atoms with Gasteiger partial charge in [-0.25, -0.2) is 8.78 Å². The number of rotatable bonds is 4. The summed E-state index contributed by atoms with van der Waals surface area (Å²) >= 11 is 0. The van der Waals surface area contributed by atoms with Crippen molar-refractivity contribution in [2.24, 2.45) is 5.92 Å². The van der Waals surface area contributed by atoms with Gasteiger partial charge in [0.15, 0.2) is 11.6 Å². The van der Waals surface area contributed by atoms with E-state index < -0.39 is 16.8 Å². The van der Waals surface area contributed by atoms with E-state index in [1.807, 2.05) is 0 Å². The molecular formula is C15H18B2F2O2. The highest BCUT2D eigenvalue weighted by Gasteiger charge is 2.31. The van der Waals surface area contributed by atoms with Crippen LogP contribution in [0.25, 0.3) is 0 Å². The Labute approximate surface area is 127 Å². The molecule has 2 rings (SSSR count). The molecule has 0 bridgehead atoms. The molecule has 110 valence electrons. The minimum atomic E-state index is -1.37. The highest BCUT2D eigenvalue weighted by atomic mass is 19.1. The minimum Gasteiger partial charge on any atom is -0.487 e. The standard InChI is InChI=1S/C15H18B2F2O2/c1-9(2)15(16,17)12-7-10(18)8-13(19)14(12)21-11-3-5-20-6-4-11/h7-9,11H,3-6H2,1-2H3. The summed E-state index contributed by atoms with van der Waals surface area (Å²) in [5, 5.41) is -1.37. The molecule has 1 aromatic rings. The second kappa shape index (κ2) is 6.39. The van der Waals surface area contributed by atoms with E-state index in [1.165, 1.54) is 0 Å². The van der Waals surface area contributed by atoms with E-state index in [-0.39, 0.29) is 23.3 Å². The van der Waals surface area contributed by atoms with Crippen LogP contribution in [0.2, 0.25) is 0 Å². The maximum atomic E-state index is 14.2. The van der Waals surface area contributed by atoms with Gasteiger partial charge in [0, 0.05) is 18.9 Å². The molecule has 0 saturated carbocycles. The topological polar surface area (TPSA) is 18.5 Å². The second-order valence-corrected chi connectivity index (χ2v) is 5.78. The molecule has 1 aliphatic rings. The third kappa shape index (κ3) is 3.60. The fourth-order valence-corrected chi connectivity index (χ4v) is 2.27. The molecule has 6 heteroatoms. The molecule has 4 radical (unpaired) electrons. The lowest BCUT2D eigenvalue weighted by atomic mass is 9.46. The van der Waals surface area contributed by atoms with Gasteiger partial charge in [0.25, 0.3) is 0 Å². The van der Waals surface area contributed by atoms with Crippen molar-refractivity contribution in [2.45, 2.75) is 38.0 Å². The monoisotopic (exact) mass is 290 g/mol. The van der Waals surface area contributed by atoms with Crippen LogP contribution in [0.5, 0.6) is 5.75 Å². The Morgan fingerprint density at radius 1 is 1.24 bits per heavy atom. The van der Waals surface area contributed by atoms with Crippen LogP contribution in [0.4, 0.5) is 8.78 Å². The average molecular weight is 290 g/mol. The van der Waals surface area contributed by atoms with E-state index in [0.717, 1.165) is 12.1 Å². The zero-order chi connectivity index (χ0) is 15.6. The predicted molar refractivity (Wildman–Crippen MR) is 78.9 cm³/mol. The molecular weight excluding hydrogens is 272 g/mol. The molecule has 21 heavy (non-hydrogen) atoms. The lowest BCUT2D eigenvalue weighted by Gasteiger charge is -2.34. The van der Waals surface area contributed by atoms with Crippen LogP contribution in [0.15, 0.2) is 12.1 Å². The Kier molecular flexibility index (Phi) is 4.97. The number of hydrogen-bond acceptors (Lipinski definition) is 2. The van der Waals surface area contributed by atoms with Crippen LogP contribution >= 0.6 is 0 Å². The smallest absolute Gasteiger partial charge is 0.168 e. The largest absolute Gasteiger partial charge is 0.487 e. The molecule has 0 spiro atoms. The van der Waals surface area contributed by atoms with Crippen molar-refractivity contribution in [2.75, 3.05) is 13.2 Å². The van der Waals surface area contributed by atoms with Gasteiger partial charge in [-0.2, -0.15) is 0 Å². The van der Waals surface area contributed by atoms with E-state index in [2.05, 4.69) is 0 Å². The molecule has 1 fully saturated rings. The molecule has 0 amide bonds. The Morgan fingerprint density at radius 2 is 1.86 bits per heavy atom. The molecule has 0 N–H and O–H groups in total. The SMILES string of the molecule is [B]C([B])(c1cc(F)cc(F)c1OC1CCOCC1)C(C)C. The Morgan fingerprint density at radius 3 is 2.43 bits per heavy atom. The summed E-state index contributed by atoms with van der Waals surface area (Å²) in [6, 6.07) is 1.94. The van der Waals surface area contributed by atoms with Gasteiger partial charge in [-0.3, -0.25) is 0 Å². The normalized spacial score (nSPS) is 17.2. The van der Waals surface area contributed by atoms with Crippen LogP contribution < -0.4 is 4.74 Å². The third-order valence-electron chi connectivity index (χ3n) is 3.88. The van der Waals surface area contributed by atoms with Gasteiger partial charge >= 0.3 is 0 Å². The molecule has 0 aromatic heterocycles. The summed E-state index contributed by atoms with van der Waals surface area (Å²) in [5.74, 6) is -1.77. The van der Waals surface area contributed by atoms with Crippen LogP contribution in [-0.4, -0.2) is 35.0 Å². The Hall–Kier alpha value is -1.03. The van der Waals surface area contributed by atoms with Crippen molar-refractivity contribution in [3.05, 3.63) is 29.3 Å². The van der Waals surface area contributed by atoms with Crippen LogP contribution in [0.3, 0.4) is 0 Å². The van der Waals surface area contributed by atoms with Gasteiger partial charge in [-0.05, 0) is 11.6 Å². The lowest BCUT2D eigenvalue weighted by molar-refractivity contribution is 0.0233. The first kappa shape index (κ1) is 16.3. The number of ether oxygens (including phenoxy) is 2. The van der Waals surface area contributed by atoms with E-state index in [4.69, 9.17) is 25.2 Å². The average Bonchev–Trinajstić information content (AvgIpc) is 2.42. The fraction of sp³-hybridized carbons (Fsp3) is 0.600. The molecule has 1 saturated heterocycles. The quantitative estimate of drug-likeness (QED) is 0.794. The molecule has 0 aliphatic carbocycles.